The van der Waals surface area contributed by atoms with Crippen molar-refractivity contribution in [1.29, 1.82) is 0 Å². The molecule has 0 aromatic heterocycles. The van der Waals surface area contributed by atoms with Gasteiger partial charge in [-0.05, 0) is 18.6 Å². The molecular weight excluding hydrogens is 268 g/mol. The summed E-state index contributed by atoms with van der Waals surface area (Å²) < 4.78 is 16.1. The molecule has 1 rings (SSSR count). The van der Waals surface area contributed by atoms with Gasteiger partial charge >= 0.3 is 5.97 Å². The van der Waals surface area contributed by atoms with E-state index in [0.29, 0.717) is 17.7 Å². The van der Waals surface area contributed by atoms with Gasteiger partial charge in [-0.15, -0.1) is 0 Å². The Morgan fingerprint density at radius 3 is 2.38 bits per heavy atom. The van der Waals surface area contributed by atoms with E-state index in [2.05, 4.69) is 6.92 Å². The fraction of sp³-hybridized carbons (Fsp3) is 0.588. The average molecular weight is 294 g/mol. The summed E-state index contributed by atoms with van der Waals surface area (Å²) in [6.45, 7) is 3.82. The number of carbonyl (C=O) groups excluding carboxylic acids is 1. The monoisotopic (exact) mass is 294 g/mol. The molecule has 4 nitrogen and oxygen atoms in total. The summed E-state index contributed by atoms with van der Waals surface area (Å²) >= 11 is 0. The first-order chi connectivity index (χ1) is 10.1. The molecule has 1 aromatic carbocycles. The van der Waals surface area contributed by atoms with E-state index in [1.807, 2.05) is 12.1 Å². The maximum Gasteiger partial charge on any atom is 0.323 e. The van der Waals surface area contributed by atoms with Crippen molar-refractivity contribution in [1.82, 2.24) is 0 Å². The number of unbranched alkanes of at least 4 members (excludes halogenated alkanes) is 3. The smallest absolute Gasteiger partial charge is 0.323 e. The maximum absolute atomic E-state index is 12.3. The quantitative estimate of drug-likeness (QED) is 0.369. The van der Waals surface area contributed by atoms with Crippen LogP contribution in [0.5, 0.6) is 5.75 Å². The highest BCUT2D eigenvalue weighted by Gasteiger charge is 2.27. The van der Waals surface area contributed by atoms with Gasteiger partial charge in [0.1, 0.15) is 5.75 Å². The lowest BCUT2D eigenvalue weighted by atomic mass is 10.0. The summed E-state index contributed by atoms with van der Waals surface area (Å²) in [6.07, 6.45) is 4.85. The Labute approximate surface area is 127 Å². The number of hydrogen-bond donors (Lipinski definition) is 0. The maximum atomic E-state index is 12.3. The SMILES string of the molecule is CCCCCCC(=O)c1ccccc1OC(C)(OC)OC. The van der Waals surface area contributed by atoms with Gasteiger partial charge < -0.3 is 14.2 Å². The van der Waals surface area contributed by atoms with Gasteiger partial charge in [0.2, 0.25) is 0 Å². The molecule has 0 aliphatic carbocycles. The second kappa shape index (κ2) is 8.80. The molecule has 0 spiro atoms. The van der Waals surface area contributed by atoms with Gasteiger partial charge in [0.25, 0.3) is 0 Å². The lowest BCUT2D eigenvalue weighted by Crippen LogP contribution is -2.37. The van der Waals surface area contributed by atoms with Crippen LogP contribution in [-0.2, 0) is 9.47 Å². The van der Waals surface area contributed by atoms with Crippen LogP contribution in [0.25, 0.3) is 0 Å². The number of para-hydroxylation sites is 1. The zero-order valence-electron chi connectivity index (χ0n) is 13.5. The molecule has 0 aliphatic heterocycles. The number of ketones is 1. The lowest BCUT2D eigenvalue weighted by molar-refractivity contribution is -0.309. The topological polar surface area (TPSA) is 44.8 Å². The number of Topliss-reactive ketones (excluding diaryl/α,β-unsaturated/α-hetero) is 1. The van der Waals surface area contributed by atoms with Crippen LogP contribution in [0.15, 0.2) is 24.3 Å². The zero-order chi connectivity index (χ0) is 15.7. The number of benzene rings is 1. The molecule has 1 aromatic rings. The highest BCUT2D eigenvalue weighted by Crippen LogP contribution is 2.26. The molecule has 0 atom stereocenters. The standard InChI is InChI=1S/C17H26O4/c1-5-6-7-8-12-15(18)14-11-9-10-13-16(14)21-17(2,19-3)20-4/h9-11,13H,5-8,12H2,1-4H3. The Balaban J connectivity index is 2.76. The molecule has 21 heavy (non-hydrogen) atoms. The summed E-state index contributed by atoms with van der Waals surface area (Å²) in [5.41, 5.74) is 0.578. The minimum Gasteiger partial charge on any atom is -0.438 e. The summed E-state index contributed by atoms with van der Waals surface area (Å²) in [5, 5.41) is 0. The summed E-state index contributed by atoms with van der Waals surface area (Å²) in [7, 11) is 3.00. The zero-order valence-corrected chi connectivity index (χ0v) is 13.5. The first-order valence-electron chi connectivity index (χ1n) is 7.48. The van der Waals surface area contributed by atoms with Gasteiger partial charge in [0, 0.05) is 27.6 Å². The van der Waals surface area contributed by atoms with E-state index < -0.39 is 5.97 Å². The van der Waals surface area contributed by atoms with Crippen molar-refractivity contribution in [3.8, 4) is 5.75 Å². The number of rotatable bonds is 10. The Hall–Kier alpha value is -1.39. The van der Waals surface area contributed by atoms with Crippen LogP contribution in [0, 0.1) is 0 Å². The number of methoxy groups -OCH3 is 2. The van der Waals surface area contributed by atoms with Gasteiger partial charge in [-0.2, -0.15) is 0 Å². The third-order valence-electron chi connectivity index (χ3n) is 3.48. The molecule has 0 heterocycles. The van der Waals surface area contributed by atoms with E-state index in [-0.39, 0.29) is 5.78 Å². The molecule has 0 saturated carbocycles. The molecule has 0 fully saturated rings. The second-order valence-electron chi connectivity index (χ2n) is 5.10. The van der Waals surface area contributed by atoms with E-state index in [1.54, 1.807) is 19.1 Å². The van der Waals surface area contributed by atoms with Crippen molar-refractivity contribution in [2.45, 2.75) is 51.9 Å². The predicted molar refractivity (Wildman–Crippen MR) is 82.6 cm³/mol. The average Bonchev–Trinajstić information content (AvgIpc) is 2.51. The molecule has 0 amide bonds. The van der Waals surface area contributed by atoms with Crippen molar-refractivity contribution in [2.75, 3.05) is 14.2 Å². The molecule has 0 radical (unpaired) electrons. The lowest BCUT2D eigenvalue weighted by Gasteiger charge is -2.27. The van der Waals surface area contributed by atoms with Crippen molar-refractivity contribution >= 4 is 5.78 Å². The third kappa shape index (κ3) is 5.48. The Morgan fingerprint density at radius 2 is 1.76 bits per heavy atom. The van der Waals surface area contributed by atoms with Crippen LogP contribution in [-0.4, -0.2) is 26.0 Å². The van der Waals surface area contributed by atoms with E-state index in [4.69, 9.17) is 14.2 Å². The summed E-state index contributed by atoms with van der Waals surface area (Å²) in [4.78, 5) is 12.3. The molecule has 118 valence electrons. The number of hydrogen-bond acceptors (Lipinski definition) is 4. The summed E-state index contributed by atoms with van der Waals surface area (Å²) in [6, 6.07) is 7.21. The minimum atomic E-state index is -1.20. The van der Waals surface area contributed by atoms with Gasteiger partial charge in [-0.1, -0.05) is 38.3 Å². The van der Waals surface area contributed by atoms with E-state index in [0.717, 1.165) is 25.7 Å². The van der Waals surface area contributed by atoms with Crippen LogP contribution in [0.3, 0.4) is 0 Å². The van der Waals surface area contributed by atoms with Crippen LogP contribution in [0.4, 0.5) is 0 Å². The fourth-order valence-corrected chi connectivity index (χ4v) is 2.00. The van der Waals surface area contributed by atoms with Crippen LogP contribution < -0.4 is 4.74 Å². The Morgan fingerprint density at radius 1 is 1.10 bits per heavy atom. The number of carbonyl (C=O) groups is 1. The largest absolute Gasteiger partial charge is 0.438 e. The van der Waals surface area contributed by atoms with E-state index >= 15 is 0 Å². The molecule has 0 bridgehead atoms. The molecule has 0 saturated heterocycles. The Kier molecular flexibility index (Phi) is 7.40. The molecule has 0 N–H and O–H groups in total. The van der Waals surface area contributed by atoms with Crippen LogP contribution >= 0.6 is 0 Å². The first kappa shape index (κ1) is 17.7. The van der Waals surface area contributed by atoms with Crippen molar-refractivity contribution in [3.05, 3.63) is 29.8 Å². The molecular formula is C17H26O4. The molecule has 0 aliphatic rings. The van der Waals surface area contributed by atoms with Gasteiger partial charge in [-0.25, -0.2) is 0 Å². The van der Waals surface area contributed by atoms with Gasteiger partial charge in [0.05, 0.1) is 5.56 Å². The first-order valence-corrected chi connectivity index (χ1v) is 7.48. The van der Waals surface area contributed by atoms with Crippen molar-refractivity contribution in [3.63, 3.8) is 0 Å². The predicted octanol–water partition coefficient (Wildman–Crippen LogP) is 4.19. The summed E-state index contributed by atoms with van der Waals surface area (Å²) in [5.74, 6) is -0.612. The van der Waals surface area contributed by atoms with Crippen LogP contribution in [0.2, 0.25) is 0 Å². The molecule has 4 heteroatoms. The van der Waals surface area contributed by atoms with E-state index in [1.165, 1.54) is 14.2 Å². The minimum absolute atomic E-state index is 0.0938. The van der Waals surface area contributed by atoms with Gasteiger partial charge in [0.15, 0.2) is 5.78 Å². The normalized spacial score (nSPS) is 11.4. The van der Waals surface area contributed by atoms with Crippen molar-refractivity contribution in [2.24, 2.45) is 0 Å². The van der Waals surface area contributed by atoms with Crippen LogP contribution in [0.1, 0.15) is 56.3 Å². The van der Waals surface area contributed by atoms with E-state index in [9.17, 15) is 4.79 Å². The Bertz CT molecular complexity index is 438. The third-order valence-corrected chi connectivity index (χ3v) is 3.48. The van der Waals surface area contributed by atoms with Crippen molar-refractivity contribution < 1.29 is 19.0 Å². The highest BCUT2D eigenvalue weighted by atomic mass is 16.9. The second-order valence-corrected chi connectivity index (χ2v) is 5.10. The number of ether oxygens (including phenoxy) is 3. The highest BCUT2D eigenvalue weighted by molar-refractivity contribution is 5.98. The fourth-order valence-electron chi connectivity index (χ4n) is 2.00. The van der Waals surface area contributed by atoms with Gasteiger partial charge in [-0.3, -0.25) is 4.79 Å². The molecule has 0 unspecified atom stereocenters.